The van der Waals surface area contributed by atoms with Crippen molar-refractivity contribution in [1.29, 1.82) is 0 Å². The van der Waals surface area contributed by atoms with Crippen LogP contribution in [0.2, 0.25) is 0 Å². The molecule has 0 fully saturated rings. The van der Waals surface area contributed by atoms with E-state index in [1.165, 1.54) is 5.69 Å². The summed E-state index contributed by atoms with van der Waals surface area (Å²) in [5.74, 6) is 0.766. The van der Waals surface area contributed by atoms with Gasteiger partial charge in [0.1, 0.15) is 0 Å². The van der Waals surface area contributed by atoms with E-state index < -0.39 is 0 Å². The molecular formula is C23H27N3OS2. The monoisotopic (exact) mass is 425 g/mol. The van der Waals surface area contributed by atoms with Gasteiger partial charge in [-0.15, -0.1) is 23.1 Å². The Hall–Kier alpha value is -2.31. The topological polar surface area (TPSA) is 45.2 Å². The summed E-state index contributed by atoms with van der Waals surface area (Å²) in [5.41, 5.74) is 3.02. The Bertz CT molecular complexity index is 911. The molecule has 1 aromatic heterocycles. The molecule has 0 bridgehead atoms. The number of benzene rings is 2. The number of carbonyl (C=O) groups excluding carboxylic acids is 1. The molecule has 0 spiro atoms. The summed E-state index contributed by atoms with van der Waals surface area (Å²) in [5, 5.41) is 6.23. The van der Waals surface area contributed by atoms with Crippen molar-refractivity contribution >= 4 is 34.7 Å². The molecule has 3 aromatic rings. The van der Waals surface area contributed by atoms with E-state index in [0.29, 0.717) is 6.54 Å². The quantitative estimate of drug-likeness (QED) is 0.349. The fourth-order valence-electron chi connectivity index (χ4n) is 3.08. The first-order valence-electron chi connectivity index (χ1n) is 9.88. The van der Waals surface area contributed by atoms with Crippen molar-refractivity contribution in [2.24, 2.45) is 0 Å². The zero-order chi connectivity index (χ0) is 20.5. The van der Waals surface area contributed by atoms with Crippen molar-refractivity contribution in [3.8, 4) is 0 Å². The van der Waals surface area contributed by atoms with E-state index in [0.717, 1.165) is 46.4 Å². The fourth-order valence-corrected chi connectivity index (χ4v) is 4.74. The van der Waals surface area contributed by atoms with Crippen LogP contribution in [0.25, 0.3) is 0 Å². The molecule has 1 N–H and O–H groups in total. The number of thiazole rings is 1. The Balaban J connectivity index is 1.50. The fraction of sp³-hybridized carbons (Fsp3) is 0.304. The van der Waals surface area contributed by atoms with Gasteiger partial charge in [0.25, 0.3) is 5.91 Å². The molecular weight excluding hydrogens is 398 g/mol. The van der Waals surface area contributed by atoms with Gasteiger partial charge in [-0.1, -0.05) is 30.3 Å². The highest BCUT2D eigenvalue weighted by Gasteiger charge is 2.12. The van der Waals surface area contributed by atoms with E-state index in [2.05, 4.69) is 51.8 Å². The molecule has 3 rings (SSSR count). The highest BCUT2D eigenvalue weighted by molar-refractivity contribution is 7.98. The molecule has 0 aliphatic rings. The third-order valence-corrected chi connectivity index (χ3v) is 6.50. The number of rotatable bonds is 10. The number of anilines is 1. The Labute approximate surface area is 181 Å². The predicted octanol–water partition coefficient (Wildman–Crippen LogP) is 5.39. The third kappa shape index (κ3) is 6.34. The lowest BCUT2D eigenvalue weighted by atomic mass is 10.2. The van der Waals surface area contributed by atoms with Crippen LogP contribution in [0.3, 0.4) is 0 Å². The van der Waals surface area contributed by atoms with Gasteiger partial charge in [0.15, 0.2) is 0 Å². The van der Waals surface area contributed by atoms with Gasteiger partial charge in [0.05, 0.1) is 16.3 Å². The zero-order valence-corrected chi connectivity index (χ0v) is 18.6. The lowest BCUT2D eigenvalue weighted by Gasteiger charge is -2.23. The minimum atomic E-state index is -0.00896. The standard InChI is InChI=1S/C23H27N3OS2/c1-3-26(20-10-5-4-6-11-20)15-9-14-24-23(27)21-12-7-8-13-22(21)29-17-19-16-28-18(2)25-19/h4-8,10-13,16H,3,9,14-15,17H2,1-2H3,(H,24,27). The summed E-state index contributed by atoms with van der Waals surface area (Å²) in [4.78, 5) is 20.5. The van der Waals surface area contributed by atoms with E-state index in [1.54, 1.807) is 23.1 Å². The van der Waals surface area contributed by atoms with Crippen molar-refractivity contribution in [2.45, 2.75) is 30.9 Å². The molecule has 0 radical (unpaired) electrons. The molecule has 0 aliphatic carbocycles. The second-order valence-electron chi connectivity index (χ2n) is 6.67. The van der Waals surface area contributed by atoms with Crippen molar-refractivity contribution in [3.05, 3.63) is 76.2 Å². The lowest BCUT2D eigenvalue weighted by molar-refractivity contribution is 0.0950. The highest BCUT2D eigenvalue weighted by Crippen LogP contribution is 2.26. The predicted molar refractivity (Wildman–Crippen MR) is 124 cm³/mol. The highest BCUT2D eigenvalue weighted by atomic mass is 32.2. The number of aromatic nitrogens is 1. The SMILES string of the molecule is CCN(CCCNC(=O)c1ccccc1SCc1csc(C)n1)c1ccccc1. The summed E-state index contributed by atoms with van der Waals surface area (Å²) in [6.45, 7) is 6.70. The summed E-state index contributed by atoms with van der Waals surface area (Å²) < 4.78 is 0. The van der Waals surface area contributed by atoms with Crippen LogP contribution in [0.15, 0.2) is 64.9 Å². The normalized spacial score (nSPS) is 10.7. The van der Waals surface area contributed by atoms with Gasteiger partial charge in [-0.2, -0.15) is 0 Å². The number of carbonyl (C=O) groups is 1. The number of aryl methyl sites for hydroxylation is 1. The van der Waals surface area contributed by atoms with Crippen LogP contribution in [0.5, 0.6) is 0 Å². The largest absolute Gasteiger partial charge is 0.372 e. The van der Waals surface area contributed by atoms with E-state index in [9.17, 15) is 4.79 Å². The first-order valence-corrected chi connectivity index (χ1v) is 11.7. The average Bonchev–Trinajstić information content (AvgIpc) is 3.18. The Morgan fingerprint density at radius 1 is 1.14 bits per heavy atom. The number of amides is 1. The average molecular weight is 426 g/mol. The van der Waals surface area contributed by atoms with Crippen LogP contribution in [0.1, 0.15) is 34.4 Å². The minimum Gasteiger partial charge on any atom is -0.372 e. The number of nitrogens with one attached hydrogen (secondary N) is 1. The van der Waals surface area contributed by atoms with Crippen molar-refractivity contribution in [3.63, 3.8) is 0 Å². The molecule has 2 aromatic carbocycles. The van der Waals surface area contributed by atoms with Gasteiger partial charge < -0.3 is 10.2 Å². The van der Waals surface area contributed by atoms with Crippen molar-refractivity contribution in [2.75, 3.05) is 24.5 Å². The number of hydrogen-bond acceptors (Lipinski definition) is 5. The van der Waals surface area contributed by atoms with E-state index >= 15 is 0 Å². The van der Waals surface area contributed by atoms with Crippen LogP contribution < -0.4 is 10.2 Å². The number of nitrogens with zero attached hydrogens (tertiary/aromatic N) is 2. The van der Waals surface area contributed by atoms with Gasteiger partial charge in [0, 0.05) is 41.4 Å². The molecule has 0 atom stereocenters. The maximum absolute atomic E-state index is 12.7. The Kier molecular flexibility index (Phi) is 8.14. The van der Waals surface area contributed by atoms with Gasteiger partial charge in [-0.25, -0.2) is 4.98 Å². The Morgan fingerprint density at radius 2 is 1.90 bits per heavy atom. The molecule has 0 unspecified atom stereocenters. The van der Waals surface area contributed by atoms with E-state index in [-0.39, 0.29) is 5.91 Å². The summed E-state index contributed by atoms with van der Waals surface area (Å²) in [6, 6.07) is 18.2. The second kappa shape index (κ2) is 11.0. The van der Waals surface area contributed by atoms with E-state index in [1.807, 2.05) is 37.3 Å². The molecule has 0 aliphatic heterocycles. The zero-order valence-electron chi connectivity index (χ0n) is 16.9. The van der Waals surface area contributed by atoms with Crippen LogP contribution in [-0.2, 0) is 5.75 Å². The molecule has 4 nitrogen and oxygen atoms in total. The summed E-state index contributed by atoms with van der Waals surface area (Å²) in [6.07, 6.45) is 0.905. The smallest absolute Gasteiger partial charge is 0.252 e. The van der Waals surface area contributed by atoms with Crippen LogP contribution in [0.4, 0.5) is 5.69 Å². The van der Waals surface area contributed by atoms with Crippen LogP contribution in [-0.4, -0.2) is 30.5 Å². The Morgan fingerprint density at radius 3 is 2.62 bits per heavy atom. The second-order valence-corrected chi connectivity index (χ2v) is 8.75. The molecule has 1 amide bonds. The maximum Gasteiger partial charge on any atom is 0.252 e. The number of hydrogen-bond donors (Lipinski definition) is 1. The van der Waals surface area contributed by atoms with Crippen LogP contribution >= 0.6 is 23.1 Å². The summed E-state index contributed by atoms with van der Waals surface area (Å²) >= 11 is 3.32. The van der Waals surface area contributed by atoms with Gasteiger partial charge in [0.2, 0.25) is 0 Å². The number of thioether (sulfide) groups is 1. The van der Waals surface area contributed by atoms with Crippen molar-refractivity contribution < 1.29 is 4.79 Å². The minimum absolute atomic E-state index is 0.00896. The van der Waals surface area contributed by atoms with Gasteiger partial charge in [-0.05, 0) is 44.5 Å². The first-order chi connectivity index (χ1) is 14.2. The molecule has 0 saturated carbocycles. The molecule has 6 heteroatoms. The van der Waals surface area contributed by atoms with Gasteiger partial charge >= 0.3 is 0 Å². The van der Waals surface area contributed by atoms with E-state index in [4.69, 9.17) is 0 Å². The molecule has 1 heterocycles. The molecule has 152 valence electrons. The molecule has 0 saturated heterocycles. The number of para-hydroxylation sites is 1. The van der Waals surface area contributed by atoms with Crippen LogP contribution in [0, 0.1) is 6.92 Å². The maximum atomic E-state index is 12.7. The third-order valence-electron chi connectivity index (χ3n) is 4.57. The lowest BCUT2D eigenvalue weighted by Crippen LogP contribution is -2.30. The van der Waals surface area contributed by atoms with Gasteiger partial charge in [-0.3, -0.25) is 4.79 Å². The first kappa shape index (κ1) is 21.4. The summed E-state index contributed by atoms with van der Waals surface area (Å²) in [7, 11) is 0. The van der Waals surface area contributed by atoms with Crippen molar-refractivity contribution in [1.82, 2.24) is 10.3 Å². The molecule has 29 heavy (non-hydrogen) atoms.